The van der Waals surface area contributed by atoms with Crippen LogP contribution >= 0.6 is 0 Å². The summed E-state index contributed by atoms with van der Waals surface area (Å²) in [6.07, 6.45) is 8.71. The zero-order valence-electron chi connectivity index (χ0n) is 35.0. The fourth-order valence-corrected chi connectivity index (χ4v) is 10.7. The lowest BCUT2D eigenvalue weighted by Crippen LogP contribution is -2.46. The summed E-state index contributed by atoms with van der Waals surface area (Å²) >= 11 is 0. The number of phenolic OH excluding ortho intramolecular Hbond substituents is 1. The standard InChI is InChI=1S/C47H56N4O9/c1-5-47(39-22-41-43-31(23-51(41)44(53)38(39)26-56-45(47)54)20-36-37(24-50(3)4)42(52)14-13-40(36)49-43)57-25-28-9-11-32(12-10-28)48-46(55)58-33-7-6-8-34(21-33)59-60-35-18-29-15-27(2)16-30(17-29)19-35/h9-14,20,22,27,29-30,33-35,52H,5-8,15-19,21,23-26H2,1-4H3,(H,48,55)/t27?,29?,30?,33?,34-,35?,47?/m1/s1. The first-order valence-corrected chi connectivity index (χ1v) is 21.7. The number of hydrogen-bond donors (Lipinski definition) is 2. The Bertz CT molecular complexity index is 2330. The van der Waals surface area contributed by atoms with Gasteiger partial charge in [-0.2, -0.15) is 0 Å². The molecule has 13 nitrogen and oxygen atoms in total. The summed E-state index contributed by atoms with van der Waals surface area (Å²) in [5, 5.41) is 14.4. The average molecular weight is 821 g/mol. The highest BCUT2D eigenvalue weighted by Crippen LogP contribution is 2.44. The average Bonchev–Trinajstić information content (AvgIpc) is 3.58. The molecule has 3 saturated carbocycles. The molecular formula is C47H56N4O9. The van der Waals surface area contributed by atoms with E-state index in [9.17, 15) is 19.5 Å². The van der Waals surface area contributed by atoms with E-state index in [0.29, 0.717) is 53.2 Å². The van der Waals surface area contributed by atoms with Crippen molar-refractivity contribution in [2.75, 3.05) is 19.4 Å². The number of benzene rings is 2. The van der Waals surface area contributed by atoms with E-state index in [1.165, 1.54) is 19.3 Å². The van der Waals surface area contributed by atoms with Gasteiger partial charge in [0.15, 0.2) is 5.60 Å². The summed E-state index contributed by atoms with van der Waals surface area (Å²) in [4.78, 5) is 59.7. The lowest BCUT2D eigenvalue weighted by atomic mass is 9.68. The number of carbonyl (C=O) groups excluding carboxylic acids is 2. The van der Waals surface area contributed by atoms with Crippen molar-refractivity contribution < 1.29 is 38.7 Å². The summed E-state index contributed by atoms with van der Waals surface area (Å²) < 4.78 is 19.6. The zero-order chi connectivity index (χ0) is 41.7. The Hall–Kier alpha value is -4.82. The molecule has 2 aromatic heterocycles. The number of esters is 1. The van der Waals surface area contributed by atoms with Crippen LogP contribution < -0.4 is 10.9 Å². The molecule has 4 heterocycles. The van der Waals surface area contributed by atoms with Crippen molar-refractivity contribution in [3.8, 4) is 17.1 Å². The largest absolute Gasteiger partial charge is 0.508 e. The predicted molar refractivity (Wildman–Crippen MR) is 224 cm³/mol. The molecule has 2 aliphatic heterocycles. The van der Waals surface area contributed by atoms with Crippen molar-refractivity contribution in [1.29, 1.82) is 0 Å². The van der Waals surface area contributed by atoms with Gasteiger partial charge in [-0.15, -0.1) is 0 Å². The van der Waals surface area contributed by atoms with Crippen LogP contribution in [-0.4, -0.2) is 64.0 Å². The summed E-state index contributed by atoms with van der Waals surface area (Å²) in [7, 11) is 3.88. The summed E-state index contributed by atoms with van der Waals surface area (Å²) in [6, 6.07) is 14.5. The SMILES string of the molecule is CCC1(OCc2ccc(NC(=O)OC3CCC[C@@H](OOC4CC5CC(C)CC(C5)C4)C3)cc2)C(=O)OCc2c1cc1n(c2=O)Cc2cc3c(CN(C)C)c(O)ccc3nc2-1. The molecule has 0 radical (unpaired) electrons. The predicted octanol–water partition coefficient (Wildman–Crippen LogP) is 8.09. The number of cyclic esters (lactones) is 1. The van der Waals surface area contributed by atoms with E-state index in [4.69, 9.17) is 29.0 Å². The second kappa shape index (κ2) is 16.6. The number of aromatic hydroxyl groups is 1. The topological polar surface area (TPSA) is 151 Å². The molecular weight excluding hydrogens is 765 g/mol. The van der Waals surface area contributed by atoms with Crippen LogP contribution in [0.15, 0.2) is 53.3 Å². The maximum Gasteiger partial charge on any atom is 0.411 e. The van der Waals surface area contributed by atoms with Crippen LogP contribution in [0.4, 0.5) is 10.5 Å². The van der Waals surface area contributed by atoms with Gasteiger partial charge in [-0.3, -0.25) is 10.1 Å². The third-order valence-electron chi connectivity index (χ3n) is 13.4. The van der Waals surface area contributed by atoms with Crippen molar-refractivity contribution in [1.82, 2.24) is 14.5 Å². The summed E-state index contributed by atoms with van der Waals surface area (Å²) in [6.45, 7) is 4.95. The first-order valence-electron chi connectivity index (χ1n) is 21.7. The molecule has 4 unspecified atom stereocenters. The Morgan fingerprint density at radius 2 is 1.72 bits per heavy atom. The Kier molecular flexibility index (Phi) is 11.2. The number of aromatic nitrogens is 2. The van der Waals surface area contributed by atoms with Gasteiger partial charge in [0.25, 0.3) is 5.56 Å². The molecule has 4 aromatic rings. The van der Waals surface area contributed by atoms with Crippen molar-refractivity contribution in [2.24, 2.45) is 17.8 Å². The lowest BCUT2D eigenvalue weighted by Gasteiger charge is -2.41. The maximum absolute atomic E-state index is 14.1. The molecule has 2 bridgehead atoms. The molecule has 2 aromatic carbocycles. The quantitative estimate of drug-likeness (QED) is 0.0756. The van der Waals surface area contributed by atoms with Crippen molar-refractivity contribution in [3.63, 3.8) is 0 Å². The fourth-order valence-electron chi connectivity index (χ4n) is 10.7. The van der Waals surface area contributed by atoms with E-state index < -0.39 is 17.7 Å². The van der Waals surface area contributed by atoms with E-state index in [1.807, 2.05) is 50.2 Å². The highest BCUT2D eigenvalue weighted by atomic mass is 17.2. The molecule has 0 saturated heterocycles. The maximum atomic E-state index is 14.1. The molecule has 9 rings (SSSR count). The number of fused-ring (bicyclic) bond motifs is 7. The van der Waals surface area contributed by atoms with E-state index in [-0.39, 0.29) is 49.3 Å². The minimum Gasteiger partial charge on any atom is -0.508 e. The van der Waals surface area contributed by atoms with E-state index in [0.717, 1.165) is 71.9 Å². The number of amides is 1. The Morgan fingerprint density at radius 3 is 2.47 bits per heavy atom. The van der Waals surface area contributed by atoms with Crippen LogP contribution in [0.5, 0.6) is 5.75 Å². The number of ether oxygens (including phenoxy) is 3. The van der Waals surface area contributed by atoms with Gasteiger partial charge < -0.3 is 28.8 Å². The van der Waals surface area contributed by atoms with Crippen molar-refractivity contribution in [2.45, 2.75) is 128 Å². The van der Waals surface area contributed by atoms with Gasteiger partial charge in [-0.25, -0.2) is 24.3 Å². The van der Waals surface area contributed by atoms with Gasteiger partial charge in [-0.05, 0) is 132 Å². The lowest BCUT2D eigenvalue weighted by molar-refractivity contribution is -0.364. The molecule has 3 fully saturated rings. The number of hydrogen-bond acceptors (Lipinski definition) is 11. The molecule has 0 spiro atoms. The van der Waals surface area contributed by atoms with Gasteiger partial charge in [0.1, 0.15) is 18.5 Å². The molecule has 1 amide bonds. The summed E-state index contributed by atoms with van der Waals surface area (Å²) in [5.74, 6) is 1.93. The summed E-state index contributed by atoms with van der Waals surface area (Å²) in [5.41, 5.74) is 4.01. The van der Waals surface area contributed by atoms with Crippen LogP contribution in [0.25, 0.3) is 22.3 Å². The van der Waals surface area contributed by atoms with Crippen LogP contribution in [-0.2, 0) is 60.7 Å². The molecule has 318 valence electrons. The number of anilines is 1. The van der Waals surface area contributed by atoms with E-state index >= 15 is 0 Å². The Labute approximate surface area is 350 Å². The monoisotopic (exact) mass is 820 g/mol. The van der Waals surface area contributed by atoms with Gasteiger partial charge in [-0.1, -0.05) is 26.0 Å². The molecule has 3 aliphatic carbocycles. The first kappa shape index (κ1) is 40.6. The number of nitrogens with one attached hydrogen (secondary N) is 1. The normalized spacial score (nSPS) is 26.9. The van der Waals surface area contributed by atoms with Crippen molar-refractivity contribution in [3.05, 3.63) is 86.7 Å². The van der Waals surface area contributed by atoms with E-state index in [2.05, 4.69) is 12.2 Å². The van der Waals surface area contributed by atoms with Gasteiger partial charge in [0, 0.05) is 40.7 Å². The van der Waals surface area contributed by atoms with Crippen LogP contribution in [0.3, 0.4) is 0 Å². The number of pyridine rings is 2. The molecule has 2 N–H and O–H groups in total. The second-order valence-electron chi connectivity index (χ2n) is 18.2. The minimum atomic E-state index is -1.52. The number of carbonyl (C=O) groups is 2. The van der Waals surface area contributed by atoms with Crippen molar-refractivity contribution >= 4 is 28.7 Å². The number of phenols is 1. The van der Waals surface area contributed by atoms with Gasteiger partial charge >= 0.3 is 12.1 Å². The smallest absolute Gasteiger partial charge is 0.411 e. The number of rotatable bonds is 11. The van der Waals surface area contributed by atoms with E-state index in [1.54, 1.807) is 28.8 Å². The van der Waals surface area contributed by atoms with Crippen LogP contribution in [0.1, 0.15) is 106 Å². The molecule has 5 aliphatic rings. The molecule has 60 heavy (non-hydrogen) atoms. The second-order valence-corrected chi connectivity index (χ2v) is 18.2. The zero-order valence-corrected chi connectivity index (χ0v) is 35.0. The Morgan fingerprint density at radius 1 is 0.967 bits per heavy atom. The number of nitrogens with zero attached hydrogens (tertiary/aromatic N) is 3. The molecule has 13 heteroatoms. The highest BCUT2D eigenvalue weighted by molar-refractivity contribution is 5.89. The highest BCUT2D eigenvalue weighted by Gasteiger charge is 2.48. The first-order chi connectivity index (χ1) is 29.0. The van der Waals surface area contributed by atoms with Crippen LogP contribution in [0, 0.1) is 17.8 Å². The van der Waals surface area contributed by atoms with Gasteiger partial charge in [0.2, 0.25) is 0 Å². The van der Waals surface area contributed by atoms with Gasteiger partial charge in [0.05, 0.1) is 47.8 Å². The fraction of sp³-hybridized carbons (Fsp3) is 0.532. The van der Waals surface area contributed by atoms with Crippen LogP contribution in [0.2, 0.25) is 0 Å². The molecule has 5 atom stereocenters. The minimum absolute atomic E-state index is 0.0516. The third-order valence-corrected chi connectivity index (χ3v) is 13.4. The Balaban J connectivity index is 0.841. The third kappa shape index (κ3) is 7.92.